The molecule has 0 radical (unpaired) electrons. The van der Waals surface area contributed by atoms with Gasteiger partial charge in [0.05, 0.1) is 13.2 Å². The van der Waals surface area contributed by atoms with E-state index in [1.165, 1.54) is 25.7 Å². The quantitative estimate of drug-likeness (QED) is 0.0233. The molecule has 0 bridgehead atoms. The van der Waals surface area contributed by atoms with Crippen LogP contribution in [0.15, 0.2) is 85.1 Å². The van der Waals surface area contributed by atoms with E-state index in [2.05, 4.69) is 103 Å². The number of carbonyl (C=O) groups excluding carboxylic acids is 2. The molecule has 0 aliphatic heterocycles. The third-order valence-electron chi connectivity index (χ3n) is 8.63. The van der Waals surface area contributed by atoms with E-state index in [1.807, 2.05) is 0 Å². The van der Waals surface area contributed by atoms with Crippen molar-refractivity contribution in [2.45, 2.75) is 167 Å². The van der Waals surface area contributed by atoms with Crippen LogP contribution in [0.1, 0.15) is 155 Å². The summed E-state index contributed by atoms with van der Waals surface area (Å²) in [5, 5.41) is 8.89. The monoisotopic (exact) mass is 834 g/mol. The number of phosphoric acid groups is 1. The van der Waals surface area contributed by atoms with Crippen molar-refractivity contribution >= 4 is 25.7 Å². The largest absolute Gasteiger partial charge is 0.480 e. The zero-order chi connectivity index (χ0) is 42.8. The second-order valence-corrected chi connectivity index (χ2v) is 15.5. The van der Waals surface area contributed by atoms with Crippen LogP contribution in [0.25, 0.3) is 0 Å². The number of hydrogen-bond donors (Lipinski definition) is 3. The minimum Gasteiger partial charge on any atom is -0.480 e. The molecule has 0 saturated heterocycles. The molecular weight excluding hydrogens is 757 g/mol. The molecular formula is C46H76NO10P. The maximum absolute atomic E-state index is 12.6. The van der Waals surface area contributed by atoms with E-state index in [0.717, 1.165) is 89.9 Å². The highest BCUT2D eigenvalue weighted by Crippen LogP contribution is 2.43. The predicted molar refractivity (Wildman–Crippen MR) is 235 cm³/mol. The van der Waals surface area contributed by atoms with Crippen molar-refractivity contribution in [2.24, 2.45) is 5.73 Å². The molecule has 12 heteroatoms. The molecule has 0 heterocycles. The van der Waals surface area contributed by atoms with Crippen molar-refractivity contribution < 1.29 is 47.5 Å². The third-order valence-corrected chi connectivity index (χ3v) is 9.58. The molecule has 1 unspecified atom stereocenters. The number of esters is 2. The highest BCUT2D eigenvalue weighted by molar-refractivity contribution is 7.47. The minimum atomic E-state index is -4.73. The fourth-order valence-electron chi connectivity index (χ4n) is 5.24. The Morgan fingerprint density at radius 2 is 0.966 bits per heavy atom. The van der Waals surface area contributed by atoms with Crippen molar-refractivity contribution in [1.82, 2.24) is 0 Å². The summed E-state index contributed by atoms with van der Waals surface area (Å²) in [4.78, 5) is 45.9. The van der Waals surface area contributed by atoms with Gasteiger partial charge in [-0.3, -0.25) is 23.4 Å². The average Bonchev–Trinajstić information content (AvgIpc) is 3.20. The molecule has 0 spiro atoms. The molecule has 11 nitrogen and oxygen atoms in total. The Balaban J connectivity index is 4.48. The van der Waals surface area contributed by atoms with Crippen LogP contribution in [0.3, 0.4) is 0 Å². The van der Waals surface area contributed by atoms with Gasteiger partial charge in [0.25, 0.3) is 0 Å². The highest BCUT2D eigenvalue weighted by Gasteiger charge is 2.28. The van der Waals surface area contributed by atoms with Crippen LogP contribution in [0, 0.1) is 0 Å². The number of ether oxygens (including phenoxy) is 2. The Hall–Kier alpha value is -3.34. The van der Waals surface area contributed by atoms with E-state index < -0.39 is 51.1 Å². The summed E-state index contributed by atoms with van der Waals surface area (Å²) in [6, 6.07) is -1.53. The van der Waals surface area contributed by atoms with E-state index in [1.54, 1.807) is 0 Å². The van der Waals surface area contributed by atoms with Gasteiger partial charge in [-0.25, -0.2) is 4.57 Å². The SMILES string of the molecule is CC/C=C/C/C=C/C/C=C/CCCCCCCC(=O)OC[C@H](COP(=O)(O)OC[C@H](N)C(=O)O)OC(=O)CCCCC/C=C/C/C=C/C/C=C/C/C=C/CCCCC. The minimum absolute atomic E-state index is 0.115. The van der Waals surface area contributed by atoms with Gasteiger partial charge in [0, 0.05) is 12.8 Å². The highest BCUT2D eigenvalue weighted by atomic mass is 31.2. The fourth-order valence-corrected chi connectivity index (χ4v) is 6.02. The number of unbranched alkanes of at least 4 members (excludes halogenated alkanes) is 11. The molecule has 3 atom stereocenters. The van der Waals surface area contributed by atoms with Crippen LogP contribution in [-0.4, -0.2) is 59.9 Å². The summed E-state index contributed by atoms with van der Waals surface area (Å²) in [6.07, 6.45) is 49.3. The fraction of sp³-hybridized carbons (Fsp3) is 0.630. The number of rotatable bonds is 39. The van der Waals surface area contributed by atoms with E-state index in [-0.39, 0.29) is 19.4 Å². The number of aliphatic carboxylic acids is 1. The molecule has 0 aliphatic rings. The molecule has 330 valence electrons. The molecule has 0 aromatic rings. The third kappa shape index (κ3) is 39.5. The lowest BCUT2D eigenvalue weighted by Crippen LogP contribution is -2.34. The molecule has 0 aromatic carbocycles. The van der Waals surface area contributed by atoms with Crippen molar-refractivity contribution in [3.05, 3.63) is 85.1 Å². The molecule has 0 aliphatic carbocycles. The van der Waals surface area contributed by atoms with E-state index >= 15 is 0 Å². The van der Waals surface area contributed by atoms with Gasteiger partial charge in [0.15, 0.2) is 6.10 Å². The maximum atomic E-state index is 12.6. The van der Waals surface area contributed by atoms with Crippen LogP contribution in [-0.2, 0) is 37.5 Å². The first kappa shape index (κ1) is 54.7. The summed E-state index contributed by atoms with van der Waals surface area (Å²) >= 11 is 0. The van der Waals surface area contributed by atoms with Crippen LogP contribution in [0.4, 0.5) is 0 Å². The van der Waals surface area contributed by atoms with Crippen molar-refractivity contribution in [1.29, 1.82) is 0 Å². The van der Waals surface area contributed by atoms with Crippen LogP contribution >= 0.6 is 7.82 Å². The lowest BCUT2D eigenvalue weighted by atomic mass is 10.1. The zero-order valence-corrected chi connectivity index (χ0v) is 36.5. The van der Waals surface area contributed by atoms with Gasteiger partial charge in [-0.2, -0.15) is 0 Å². The molecule has 0 rings (SSSR count). The molecule has 4 N–H and O–H groups in total. The zero-order valence-electron chi connectivity index (χ0n) is 35.6. The van der Waals surface area contributed by atoms with Crippen LogP contribution in [0.5, 0.6) is 0 Å². The van der Waals surface area contributed by atoms with E-state index in [0.29, 0.717) is 12.8 Å². The first-order valence-electron chi connectivity index (χ1n) is 21.6. The lowest BCUT2D eigenvalue weighted by Gasteiger charge is -2.20. The average molecular weight is 834 g/mol. The van der Waals surface area contributed by atoms with E-state index in [9.17, 15) is 23.8 Å². The molecule has 58 heavy (non-hydrogen) atoms. The van der Waals surface area contributed by atoms with E-state index in [4.69, 9.17) is 24.8 Å². The van der Waals surface area contributed by atoms with Crippen molar-refractivity contribution in [2.75, 3.05) is 19.8 Å². The maximum Gasteiger partial charge on any atom is 0.472 e. The molecule has 0 saturated carbocycles. The number of carbonyl (C=O) groups is 3. The Kier molecular flexibility index (Phi) is 38.1. The predicted octanol–water partition coefficient (Wildman–Crippen LogP) is 11.5. The van der Waals surface area contributed by atoms with Crippen LogP contribution < -0.4 is 5.73 Å². The first-order chi connectivity index (χ1) is 28.1. The number of carboxylic acids is 1. The number of allylic oxidation sites excluding steroid dienone is 14. The van der Waals surface area contributed by atoms with Gasteiger partial charge >= 0.3 is 25.7 Å². The Morgan fingerprint density at radius 1 is 0.552 bits per heavy atom. The molecule has 0 amide bonds. The van der Waals surface area contributed by atoms with Gasteiger partial charge < -0.3 is 25.2 Å². The first-order valence-corrected chi connectivity index (χ1v) is 23.1. The Labute approximate surface area is 350 Å². The number of phosphoric ester groups is 1. The second-order valence-electron chi connectivity index (χ2n) is 14.1. The normalized spacial score (nSPS) is 14.6. The van der Waals surface area contributed by atoms with Crippen molar-refractivity contribution in [3.8, 4) is 0 Å². The smallest absolute Gasteiger partial charge is 0.472 e. The summed E-state index contributed by atoms with van der Waals surface area (Å²) in [5.74, 6) is -2.45. The summed E-state index contributed by atoms with van der Waals surface area (Å²) in [7, 11) is -4.73. The van der Waals surface area contributed by atoms with Gasteiger partial charge in [-0.05, 0) is 89.9 Å². The van der Waals surface area contributed by atoms with Gasteiger partial charge in [-0.1, -0.05) is 137 Å². The van der Waals surface area contributed by atoms with Gasteiger partial charge in [0.1, 0.15) is 12.6 Å². The van der Waals surface area contributed by atoms with Gasteiger partial charge in [0.2, 0.25) is 0 Å². The summed E-state index contributed by atoms with van der Waals surface area (Å²) in [5.41, 5.74) is 5.33. The standard InChI is InChI=1S/C46H76NO10P/c1-3-5-7-9-11-13-15-17-19-20-21-22-24-26-28-30-32-34-36-38-45(49)57-42(40-55-58(52,53)56-41-43(47)46(50)51)39-54-44(48)37-35-33-31-29-27-25-23-18-16-14-12-10-8-6-4-2/h6,8,11-14,17-19,21-23,26,28,42-43H,3-5,7,9-10,15-16,20,24-25,27,29-41,47H2,1-2H3,(H,50,51)(H,52,53)/b8-6+,13-11+,14-12+,19-17+,22-21+,23-18+,28-26+/t42-,43+/m1/s1. The number of hydrogen-bond acceptors (Lipinski definition) is 9. The number of carboxylic acid groups (broad SMARTS) is 1. The lowest BCUT2D eigenvalue weighted by molar-refractivity contribution is -0.161. The van der Waals surface area contributed by atoms with Crippen molar-refractivity contribution in [3.63, 3.8) is 0 Å². The van der Waals surface area contributed by atoms with Gasteiger partial charge in [-0.15, -0.1) is 0 Å². The Bertz CT molecular complexity index is 1300. The topological polar surface area (TPSA) is 172 Å². The molecule has 0 fully saturated rings. The number of nitrogens with two attached hydrogens (primary N) is 1. The molecule has 0 aromatic heterocycles. The summed E-state index contributed by atoms with van der Waals surface area (Å²) in [6.45, 7) is 2.59. The second kappa shape index (κ2) is 40.4. The Morgan fingerprint density at radius 3 is 1.47 bits per heavy atom. The van der Waals surface area contributed by atoms with Crippen LogP contribution in [0.2, 0.25) is 0 Å². The summed E-state index contributed by atoms with van der Waals surface area (Å²) < 4.78 is 32.6.